The maximum Gasteiger partial charge on any atom is 0.185 e. The van der Waals surface area contributed by atoms with Gasteiger partial charge in [-0.15, -0.1) is 0 Å². The number of piperidine rings is 1. The summed E-state index contributed by atoms with van der Waals surface area (Å²) in [5, 5.41) is 10.3. The van der Waals surface area contributed by atoms with Crippen LogP contribution in [0, 0.1) is 19.8 Å². The molecule has 1 saturated heterocycles. The van der Waals surface area contributed by atoms with E-state index in [0.717, 1.165) is 48.4 Å². The highest BCUT2D eigenvalue weighted by Gasteiger charge is 2.31. The summed E-state index contributed by atoms with van der Waals surface area (Å²) in [5.41, 5.74) is 3.99. The zero-order valence-corrected chi connectivity index (χ0v) is 19.4. The molecule has 3 aromatic rings. The Morgan fingerprint density at radius 3 is 2.44 bits per heavy atom. The number of pyridine rings is 1. The van der Waals surface area contributed by atoms with E-state index in [-0.39, 0.29) is 12.2 Å². The number of carbonyl (C=O) groups excluding carboxylic acids is 1. The molecule has 3 heterocycles. The van der Waals surface area contributed by atoms with Crippen LogP contribution in [0.5, 0.6) is 0 Å². The van der Waals surface area contributed by atoms with Gasteiger partial charge in [-0.3, -0.25) is 4.79 Å². The predicted octanol–water partition coefficient (Wildman–Crippen LogP) is 4.50. The minimum Gasteiger partial charge on any atom is -0.390 e. The van der Waals surface area contributed by atoms with E-state index in [1.54, 1.807) is 12.4 Å². The first kappa shape index (κ1) is 22.2. The zero-order valence-electron chi connectivity index (χ0n) is 19.4. The number of hydrogen-bond donors (Lipinski definition) is 2. The maximum atomic E-state index is 12.8. The molecular weight excluding hydrogens is 400 g/mol. The van der Waals surface area contributed by atoms with Crippen molar-refractivity contribution >= 4 is 11.6 Å². The van der Waals surface area contributed by atoms with Crippen LogP contribution in [0.25, 0.3) is 11.4 Å². The minimum absolute atomic E-state index is 0.00389. The predicted molar refractivity (Wildman–Crippen MR) is 127 cm³/mol. The Bertz CT molecular complexity index is 1090. The third-order valence-corrected chi connectivity index (χ3v) is 6.47. The summed E-state index contributed by atoms with van der Waals surface area (Å²) in [6.45, 7) is 9.65. The standard InChI is InChI=1S/C26H32N4O2/c1-17-5-7-20(8-6-17)24-27-16-22(29-24)23(31)14-19-13-18(2)25(28-15-19)30-11-9-21(10-12-30)26(3,4)32/h5-8,13,15-16,21,32H,9-12,14H2,1-4H3,(H,27,29). The van der Waals surface area contributed by atoms with Gasteiger partial charge in [0.25, 0.3) is 0 Å². The van der Waals surface area contributed by atoms with Crippen LogP contribution < -0.4 is 4.90 Å². The Morgan fingerprint density at radius 1 is 1.12 bits per heavy atom. The molecule has 0 aliphatic carbocycles. The van der Waals surface area contributed by atoms with Gasteiger partial charge in [-0.2, -0.15) is 0 Å². The topological polar surface area (TPSA) is 82.1 Å². The lowest BCUT2D eigenvalue weighted by Gasteiger charge is -2.38. The van der Waals surface area contributed by atoms with E-state index >= 15 is 0 Å². The Hall–Kier alpha value is -2.99. The van der Waals surface area contributed by atoms with Gasteiger partial charge < -0.3 is 15.0 Å². The van der Waals surface area contributed by atoms with Crippen LogP contribution in [0.3, 0.4) is 0 Å². The molecule has 0 amide bonds. The van der Waals surface area contributed by atoms with Crippen molar-refractivity contribution in [3.05, 3.63) is 65.1 Å². The highest BCUT2D eigenvalue weighted by atomic mass is 16.3. The first-order valence-corrected chi connectivity index (χ1v) is 11.3. The molecule has 0 unspecified atom stereocenters. The number of nitrogens with one attached hydrogen (secondary N) is 1. The van der Waals surface area contributed by atoms with E-state index in [0.29, 0.717) is 17.4 Å². The summed E-state index contributed by atoms with van der Waals surface area (Å²) in [7, 11) is 0. The molecule has 0 bridgehead atoms. The molecule has 0 saturated carbocycles. The fourth-order valence-electron chi connectivity index (χ4n) is 4.45. The first-order chi connectivity index (χ1) is 15.2. The number of aryl methyl sites for hydroxylation is 2. The van der Waals surface area contributed by atoms with Crippen LogP contribution in [0.4, 0.5) is 5.82 Å². The average molecular weight is 433 g/mol. The van der Waals surface area contributed by atoms with Crippen molar-refractivity contribution in [3.63, 3.8) is 0 Å². The molecule has 1 aliphatic rings. The fourth-order valence-corrected chi connectivity index (χ4v) is 4.45. The van der Waals surface area contributed by atoms with E-state index in [2.05, 4.69) is 25.9 Å². The number of imidazole rings is 1. The van der Waals surface area contributed by atoms with Crippen LogP contribution >= 0.6 is 0 Å². The van der Waals surface area contributed by atoms with Gasteiger partial charge >= 0.3 is 0 Å². The summed E-state index contributed by atoms with van der Waals surface area (Å²) in [6, 6.07) is 10.1. The van der Waals surface area contributed by atoms with Gasteiger partial charge in [-0.1, -0.05) is 35.9 Å². The van der Waals surface area contributed by atoms with E-state index in [9.17, 15) is 9.90 Å². The van der Waals surface area contributed by atoms with Gasteiger partial charge in [-0.05, 0) is 57.6 Å². The van der Waals surface area contributed by atoms with E-state index in [1.165, 1.54) is 5.56 Å². The molecule has 6 nitrogen and oxygen atoms in total. The second-order valence-electron chi connectivity index (χ2n) is 9.51. The number of rotatable bonds is 6. The molecule has 1 aliphatic heterocycles. The number of aromatic amines is 1. The monoisotopic (exact) mass is 432 g/mol. The molecule has 4 rings (SSSR count). The molecule has 32 heavy (non-hydrogen) atoms. The van der Waals surface area contributed by atoms with E-state index < -0.39 is 5.60 Å². The SMILES string of the molecule is Cc1ccc(-c2ncc(C(=O)Cc3cnc(N4CCC(C(C)(C)O)CC4)c(C)c3)[nH]2)cc1. The molecule has 168 valence electrons. The number of hydrogen-bond acceptors (Lipinski definition) is 5. The summed E-state index contributed by atoms with van der Waals surface area (Å²) < 4.78 is 0. The quantitative estimate of drug-likeness (QED) is 0.561. The number of Topliss-reactive ketones (excluding diaryl/α,β-unsaturated/α-hetero) is 1. The van der Waals surface area contributed by atoms with Gasteiger partial charge in [0.05, 0.1) is 11.8 Å². The lowest BCUT2D eigenvalue weighted by Crippen LogP contribution is -2.42. The van der Waals surface area contributed by atoms with Gasteiger partial charge in [0, 0.05) is 31.3 Å². The molecule has 0 atom stereocenters. The highest BCUT2D eigenvalue weighted by molar-refractivity contribution is 5.96. The first-order valence-electron chi connectivity index (χ1n) is 11.3. The molecule has 2 aromatic heterocycles. The number of H-pyrrole nitrogens is 1. The third-order valence-electron chi connectivity index (χ3n) is 6.47. The number of ketones is 1. The molecule has 0 radical (unpaired) electrons. The molecular formula is C26H32N4O2. The van der Waals surface area contributed by atoms with Crippen molar-refractivity contribution in [2.75, 3.05) is 18.0 Å². The molecule has 2 N–H and O–H groups in total. The average Bonchev–Trinajstić information content (AvgIpc) is 3.24. The Kier molecular flexibility index (Phi) is 6.15. The number of anilines is 1. The number of aliphatic hydroxyl groups is 1. The van der Waals surface area contributed by atoms with Crippen LogP contribution in [0.2, 0.25) is 0 Å². The van der Waals surface area contributed by atoms with Gasteiger partial charge in [0.2, 0.25) is 0 Å². The largest absolute Gasteiger partial charge is 0.390 e. The molecule has 1 aromatic carbocycles. The maximum absolute atomic E-state index is 12.8. The van der Waals surface area contributed by atoms with Crippen molar-refractivity contribution < 1.29 is 9.90 Å². The summed E-state index contributed by atoms with van der Waals surface area (Å²) >= 11 is 0. The lowest BCUT2D eigenvalue weighted by atomic mass is 9.83. The highest BCUT2D eigenvalue weighted by Crippen LogP contribution is 2.31. The smallest absolute Gasteiger partial charge is 0.185 e. The fraction of sp³-hybridized carbons (Fsp3) is 0.423. The van der Waals surface area contributed by atoms with Crippen molar-refractivity contribution in [3.8, 4) is 11.4 Å². The second kappa shape index (κ2) is 8.87. The third kappa shape index (κ3) is 4.91. The Morgan fingerprint density at radius 2 is 1.81 bits per heavy atom. The lowest BCUT2D eigenvalue weighted by molar-refractivity contribution is 0.00645. The Balaban J connectivity index is 1.41. The van der Waals surface area contributed by atoms with Crippen molar-refractivity contribution in [2.24, 2.45) is 5.92 Å². The van der Waals surface area contributed by atoms with Crippen LogP contribution in [0.15, 0.2) is 42.7 Å². The molecule has 0 spiro atoms. The summed E-state index contributed by atoms with van der Waals surface area (Å²) in [6.07, 6.45) is 5.60. The zero-order chi connectivity index (χ0) is 22.9. The minimum atomic E-state index is -0.634. The van der Waals surface area contributed by atoms with Crippen molar-refractivity contribution in [2.45, 2.75) is 52.6 Å². The van der Waals surface area contributed by atoms with Crippen LogP contribution in [-0.4, -0.2) is 44.5 Å². The van der Waals surface area contributed by atoms with Gasteiger partial charge in [0.15, 0.2) is 5.78 Å². The van der Waals surface area contributed by atoms with Crippen LogP contribution in [-0.2, 0) is 6.42 Å². The number of benzene rings is 1. The molecule has 6 heteroatoms. The van der Waals surface area contributed by atoms with Gasteiger partial charge in [-0.25, -0.2) is 9.97 Å². The number of nitrogens with zero attached hydrogens (tertiary/aromatic N) is 3. The van der Waals surface area contributed by atoms with Crippen molar-refractivity contribution in [1.82, 2.24) is 15.0 Å². The van der Waals surface area contributed by atoms with E-state index in [4.69, 9.17) is 0 Å². The van der Waals surface area contributed by atoms with Crippen molar-refractivity contribution in [1.29, 1.82) is 0 Å². The Labute approximate surface area is 189 Å². The summed E-state index contributed by atoms with van der Waals surface area (Å²) in [5.74, 6) is 1.98. The number of carbonyl (C=O) groups is 1. The molecule has 1 fully saturated rings. The van der Waals surface area contributed by atoms with Gasteiger partial charge in [0.1, 0.15) is 17.3 Å². The number of aromatic nitrogens is 3. The summed E-state index contributed by atoms with van der Waals surface area (Å²) in [4.78, 5) is 27.3. The van der Waals surface area contributed by atoms with Crippen LogP contribution in [0.1, 0.15) is 53.9 Å². The normalized spacial score (nSPS) is 15.2. The van der Waals surface area contributed by atoms with E-state index in [1.807, 2.05) is 52.0 Å². The second-order valence-corrected chi connectivity index (χ2v) is 9.51.